The van der Waals surface area contributed by atoms with Gasteiger partial charge in [0.05, 0.1) is 17.8 Å². The Morgan fingerprint density at radius 3 is 2.52 bits per heavy atom. The number of rotatable bonds is 5. The van der Waals surface area contributed by atoms with Gasteiger partial charge in [-0.2, -0.15) is 0 Å². The number of halogens is 2. The van der Waals surface area contributed by atoms with E-state index in [2.05, 4.69) is 41.8 Å². The fraction of sp³-hybridized carbons (Fsp3) is 0.125. The summed E-state index contributed by atoms with van der Waals surface area (Å²) in [5.74, 6) is 1.74. The molecule has 0 amide bonds. The molecule has 29 heavy (non-hydrogen) atoms. The Bertz CT molecular complexity index is 1210. The predicted molar refractivity (Wildman–Crippen MR) is 123 cm³/mol. The smallest absolute Gasteiger partial charge is 0.133 e. The van der Waals surface area contributed by atoms with Crippen molar-refractivity contribution in [3.05, 3.63) is 82.2 Å². The molecule has 4 rings (SSSR count). The number of ether oxygens (including phenoxy) is 1. The SMILES string of the molecule is CCn1cc(-c2ccc(Cl)cc2Cl)nc1/C=C/c1ccc2cc(OC)ccc2c1. The highest BCUT2D eigenvalue weighted by Gasteiger charge is 2.10. The van der Waals surface area contributed by atoms with Gasteiger partial charge in [0.1, 0.15) is 11.6 Å². The van der Waals surface area contributed by atoms with Crippen molar-refractivity contribution in [1.29, 1.82) is 0 Å². The number of nitrogens with zero attached hydrogens (tertiary/aromatic N) is 2. The molecule has 0 bridgehead atoms. The summed E-state index contributed by atoms with van der Waals surface area (Å²) in [6, 6.07) is 17.9. The van der Waals surface area contributed by atoms with Crippen molar-refractivity contribution >= 4 is 46.1 Å². The summed E-state index contributed by atoms with van der Waals surface area (Å²) < 4.78 is 7.40. The first-order valence-corrected chi connectivity index (χ1v) is 10.1. The van der Waals surface area contributed by atoms with Gasteiger partial charge in [-0.05, 0) is 65.7 Å². The first-order valence-electron chi connectivity index (χ1n) is 9.36. The van der Waals surface area contributed by atoms with Crippen molar-refractivity contribution in [3.8, 4) is 17.0 Å². The van der Waals surface area contributed by atoms with E-state index in [1.165, 1.54) is 5.39 Å². The average molecular weight is 423 g/mol. The lowest BCUT2D eigenvalue weighted by Crippen LogP contribution is -1.94. The molecule has 1 aromatic heterocycles. The molecule has 0 spiro atoms. The standard InChI is InChI=1S/C24H20Cl2N2O/c1-3-28-15-23(21-10-8-19(25)14-22(21)26)27-24(28)11-5-16-4-6-18-13-20(29-2)9-7-17(18)12-16/h4-15H,3H2,1-2H3/b11-5+. The van der Waals surface area contributed by atoms with E-state index in [-0.39, 0.29) is 0 Å². The molecule has 3 nitrogen and oxygen atoms in total. The molecule has 4 aromatic rings. The summed E-state index contributed by atoms with van der Waals surface area (Å²) in [4.78, 5) is 4.77. The van der Waals surface area contributed by atoms with Crippen molar-refractivity contribution in [2.24, 2.45) is 0 Å². The summed E-state index contributed by atoms with van der Waals surface area (Å²) in [7, 11) is 1.68. The number of fused-ring (bicyclic) bond motifs is 1. The fourth-order valence-electron chi connectivity index (χ4n) is 3.29. The number of aromatic nitrogens is 2. The summed E-state index contributed by atoms with van der Waals surface area (Å²) in [5.41, 5.74) is 2.82. The number of benzene rings is 3. The van der Waals surface area contributed by atoms with Gasteiger partial charge in [-0.25, -0.2) is 4.98 Å². The number of imidazole rings is 1. The lowest BCUT2D eigenvalue weighted by Gasteiger charge is -2.03. The van der Waals surface area contributed by atoms with Crippen LogP contribution in [0.25, 0.3) is 34.2 Å². The van der Waals surface area contributed by atoms with E-state index in [0.717, 1.165) is 40.3 Å². The molecular weight excluding hydrogens is 403 g/mol. The Hall–Kier alpha value is -2.75. The van der Waals surface area contributed by atoms with Crippen molar-refractivity contribution in [3.63, 3.8) is 0 Å². The van der Waals surface area contributed by atoms with Gasteiger partial charge in [-0.15, -0.1) is 0 Å². The van der Waals surface area contributed by atoms with Gasteiger partial charge in [0, 0.05) is 23.3 Å². The molecule has 0 saturated heterocycles. The normalized spacial score (nSPS) is 11.4. The highest BCUT2D eigenvalue weighted by atomic mass is 35.5. The van der Waals surface area contributed by atoms with Crippen LogP contribution in [0.15, 0.2) is 60.8 Å². The molecule has 146 valence electrons. The zero-order valence-corrected chi connectivity index (χ0v) is 17.7. The van der Waals surface area contributed by atoms with Crippen LogP contribution in [0.1, 0.15) is 18.3 Å². The van der Waals surface area contributed by atoms with Gasteiger partial charge < -0.3 is 9.30 Å². The third-order valence-corrected chi connectivity index (χ3v) is 5.40. The highest BCUT2D eigenvalue weighted by Crippen LogP contribution is 2.30. The molecule has 0 aliphatic carbocycles. The Morgan fingerprint density at radius 1 is 0.966 bits per heavy atom. The van der Waals surface area contributed by atoms with E-state index < -0.39 is 0 Å². The minimum Gasteiger partial charge on any atom is -0.497 e. The number of methoxy groups -OCH3 is 1. The minimum atomic E-state index is 0.596. The molecule has 3 aromatic carbocycles. The maximum absolute atomic E-state index is 6.36. The van der Waals surface area contributed by atoms with Crippen LogP contribution in [0.4, 0.5) is 0 Å². The van der Waals surface area contributed by atoms with E-state index in [9.17, 15) is 0 Å². The number of hydrogen-bond donors (Lipinski definition) is 0. The van der Waals surface area contributed by atoms with Crippen molar-refractivity contribution in [2.75, 3.05) is 7.11 Å². The van der Waals surface area contributed by atoms with E-state index in [1.54, 1.807) is 13.2 Å². The molecule has 1 heterocycles. The maximum Gasteiger partial charge on any atom is 0.133 e. The van der Waals surface area contributed by atoms with E-state index in [0.29, 0.717) is 10.0 Å². The molecular formula is C24H20Cl2N2O. The zero-order chi connectivity index (χ0) is 20.4. The van der Waals surface area contributed by atoms with Crippen LogP contribution < -0.4 is 4.74 Å². The highest BCUT2D eigenvalue weighted by molar-refractivity contribution is 6.36. The van der Waals surface area contributed by atoms with Gasteiger partial charge in [-0.3, -0.25) is 0 Å². The van der Waals surface area contributed by atoms with Crippen LogP contribution in [-0.4, -0.2) is 16.7 Å². The van der Waals surface area contributed by atoms with Crippen LogP contribution in [-0.2, 0) is 6.54 Å². The quantitative estimate of drug-likeness (QED) is 0.339. The molecule has 0 radical (unpaired) electrons. The van der Waals surface area contributed by atoms with Crippen LogP contribution in [0.3, 0.4) is 0 Å². The Labute approximate surface area is 180 Å². The lowest BCUT2D eigenvalue weighted by atomic mass is 10.1. The first kappa shape index (κ1) is 19.6. The second-order valence-electron chi connectivity index (χ2n) is 6.70. The number of hydrogen-bond acceptors (Lipinski definition) is 2. The average Bonchev–Trinajstić information content (AvgIpc) is 3.14. The van der Waals surface area contributed by atoms with Gasteiger partial charge >= 0.3 is 0 Å². The predicted octanol–water partition coefficient (Wildman–Crippen LogP) is 7.21. The van der Waals surface area contributed by atoms with Crippen molar-refractivity contribution < 1.29 is 4.74 Å². The van der Waals surface area contributed by atoms with E-state index in [1.807, 2.05) is 36.5 Å². The van der Waals surface area contributed by atoms with E-state index in [4.69, 9.17) is 32.9 Å². The first-order chi connectivity index (χ1) is 14.1. The summed E-state index contributed by atoms with van der Waals surface area (Å²) in [6.45, 7) is 2.91. The number of aryl methyl sites for hydroxylation is 1. The third-order valence-electron chi connectivity index (χ3n) is 4.85. The summed E-state index contributed by atoms with van der Waals surface area (Å²) in [6.07, 6.45) is 6.12. The summed E-state index contributed by atoms with van der Waals surface area (Å²) >= 11 is 12.4. The maximum atomic E-state index is 6.36. The largest absolute Gasteiger partial charge is 0.497 e. The van der Waals surface area contributed by atoms with Gasteiger partial charge in [0.25, 0.3) is 0 Å². The molecule has 0 saturated carbocycles. The topological polar surface area (TPSA) is 27.1 Å². The van der Waals surface area contributed by atoms with E-state index >= 15 is 0 Å². The summed E-state index contributed by atoms with van der Waals surface area (Å²) in [5, 5.41) is 3.53. The fourth-order valence-corrected chi connectivity index (χ4v) is 3.79. The molecule has 0 aliphatic rings. The Kier molecular flexibility index (Phi) is 5.61. The van der Waals surface area contributed by atoms with Gasteiger partial charge in [0.2, 0.25) is 0 Å². The van der Waals surface area contributed by atoms with Crippen molar-refractivity contribution in [2.45, 2.75) is 13.5 Å². The van der Waals surface area contributed by atoms with Gasteiger partial charge in [-0.1, -0.05) is 47.5 Å². The van der Waals surface area contributed by atoms with Crippen LogP contribution >= 0.6 is 23.2 Å². The third kappa shape index (κ3) is 4.16. The lowest BCUT2D eigenvalue weighted by molar-refractivity contribution is 0.415. The van der Waals surface area contributed by atoms with Crippen LogP contribution in [0.2, 0.25) is 10.0 Å². The van der Waals surface area contributed by atoms with Crippen LogP contribution in [0.5, 0.6) is 5.75 Å². The van der Waals surface area contributed by atoms with Crippen molar-refractivity contribution in [1.82, 2.24) is 9.55 Å². The Morgan fingerprint density at radius 2 is 1.76 bits per heavy atom. The minimum absolute atomic E-state index is 0.596. The molecule has 0 unspecified atom stereocenters. The second-order valence-corrected chi connectivity index (χ2v) is 7.54. The molecule has 0 aliphatic heterocycles. The molecule has 5 heteroatoms. The van der Waals surface area contributed by atoms with Gasteiger partial charge in [0.15, 0.2) is 0 Å². The second kappa shape index (κ2) is 8.32. The Balaban J connectivity index is 1.65. The zero-order valence-electron chi connectivity index (χ0n) is 16.2. The van der Waals surface area contributed by atoms with Crippen LogP contribution in [0, 0.1) is 0 Å². The molecule has 0 N–H and O–H groups in total. The monoisotopic (exact) mass is 422 g/mol. The molecule has 0 fully saturated rings. The molecule has 0 atom stereocenters.